The van der Waals surface area contributed by atoms with Gasteiger partial charge < -0.3 is 14.2 Å². The topological polar surface area (TPSA) is 183 Å². The van der Waals surface area contributed by atoms with Gasteiger partial charge in [-0.05, 0) is 53.1 Å². The second-order valence-corrected chi connectivity index (χ2v) is 8.87. The van der Waals surface area contributed by atoms with Crippen molar-refractivity contribution < 1.29 is 30.4 Å². The molecule has 0 aromatic heterocycles. The van der Waals surface area contributed by atoms with Crippen LogP contribution < -0.4 is 33.4 Å². The van der Waals surface area contributed by atoms with Gasteiger partial charge >= 0.3 is 0 Å². The number of benzene rings is 3. The zero-order valence-corrected chi connectivity index (χ0v) is 20.9. The molecular weight excluding hydrogens is 468 g/mol. The first-order valence-corrected chi connectivity index (χ1v) is 12.0. The molecule has 0 radical (unpaired) electrons. The molecule has 0 saturated carbocycles. The molecule has 0 amide bonds. The molecule has 0 aliphatic carbocycles. The summed E-state index contributed by atoms with van der Waals surface area (Å²) in [6.07, 6.45) is 0. The molecular formula is C28H37N6O3+3. The monoisotopic (exact) mass is 505 g/mol. The van der Waals surface area contributed by atoms with E-state index in [1.807, 2.05) is 72.8 Å². The molecule has 0 aliphatic heterocycles. The van der Waals surface area contributed by atoms with Gasteiger partial charge in [-0.2, -0.15) is 0 Å². The smallest absolute Gasteiger partial charge is 0.270 e. The van der Waals surface area contributed by atoms with Crippen LogP contribution >= 0.6 is 0 Å². The molecule has 0 unspecified atom stereocenters. The molecule has 0 bridgehead atoms. The molecule has 3 aromatic rings. The number of hydrogen-bond donors (Lipinski definition) is 6. The lowest BCUT2D eigenvalue weighted by atomic mass is 10.1. The van der Waals surface area contributed by atoms with Crippen LogP contribution in [0.5, 0.6) is 0 Å². The van der Waals surface area contributed by atoms with Gasteiger partial charge in [0.05, 0.1) is 56.3 Å². The van der Waals surface area contributed by atoms with Crippen molar-refractivity contribution >= 4 is 17.5 Å². The zero-order valence-electron chi connectivity index (χ0n) is 20.9. The summed E-state index contributed by atoms with van der Waals surface area (Å²) < 4.78 is 17.9. The highest BCUT2D eigenvalue weighted by Crippen LogP contribution is 2.11. The zero-order chi connectivity index (χ0) is 26.6. The van der Waals surface area contributed by atoms with Gasteiger partial charge in [0.2, 0.25) is 0 Å². The Morgan fingerprint density at radius 3 is 0.946 bits per heavy atom. The van der Waals surface area contributed by atoms with Crippen LogP contribution in [0.2, 0.25) is 0 Å². The Balaban J connectivity index is 1.51. The van der Waals surface area contributed by atoms with Crippen molar-refractivity contribution in [2.75, 3.05) is 19.8 Å². The molecule has 194 valence electrons. The summed E-state index contributed by atoms with van der Waals surface area (Å²) in [7, 11) is 0. The molecule has 37 heavy (non-hydrogen) atoms. The van der Waals surface area contributed by atoms with E-state index in [2.05, 4.69) is 0 Å². The Labute approximate surface area is 217 Å². The highest BCUT2D eigenvalue weighted by atomic mass is 16.5. The second kappa shape index (κ2) is 13.9. The van der Waals surface area contributed by atoms with E-state index < -0.39 is 0 Å². The second-order valence-electron chi connectivity index (χ2n) is 8.87. The van der Waals surface area contributed by atoms with E-state index in [1.165, 1.54) is 0 Å². The summed E-state index contributed by atoms with van der Waals surface area (Å²) in [5, 5.41) is 16.9. The van der Waals surface area contributed by atoms with Gasteiger partial charge in [0.15, 0.2) is 0 Å². The van der Waals surface area contributed by atoms with Crippen LogP contribution in [0.25, 0.3) is 0 Å². The molecule has 0 atom stereocenters. The van der Waals surface area contributed by atoms with Crippen molar-refractivity contribution in [3.8, 4) is 0 Å². The molecule has 0 spiro atoms. The van der Waals surface area contributed by atoms with E-state index in [4.69, 9.17) is 47.6 Å². The summed E-state index contributed by atoms with van der Waals surface area (Å²) in [4.78, 5) is 0. The van der Waals surface area contributed by atoms with Gasteiger partial charge in [0.25, 0.3) is 17.5 Å². The molecule has 9 nitrogen and oxygen atoms in total. The molecule has 0 saturated heterocycles. The number of amidine groups is 3. The summed E-state index contributed by atoms with van der Waals surface area (Å²) in [5.41, 5.74) is 22.4. The van der Waals surface area contributed by atoms with E-state index >= 15 is 0 Å². The van der Waals surface area contributed by atoms with Crippen molar-refractivity contribution in [1.82, 2.24) is 0 Å². The predicted molar refractivity (Wildman–Crippen MR) is 142 cm³/mol. The number of nitrogens with two attached hydrogens (primary N) is 6. The van der Waals surface area contributed by atoms with Gasteiger partial charge in [-0.1, -0.05) is 36.4 Å². The molecule has 0 heterocycles. The van der Waals surface area contributed by atoms with Crippen molar-refractivity contribution in [2.45, 2.75) is 19.8 Å². The summed E-state index contributed by atoms with van der Waals surface area (Å²) in [6, 6.07) is 22.9. The van der Waals surface area contributed by atoms with E-state index in [0.717, 1.165) is 33.4 Å². The minimum Gasteiger partial charge on any atom is -0.376 e. The normalized spacial score (nSPS) is 10.9. The van der Waals surface area contributed by atoms with Crippen LogP contribution in [0.3, 0.4) is 0 Å². The third-order valence-electron chi connectivity index (χ3n) is 5.73. The van der Waals surface area contributed by atoms with E-state index in [0.29, 0.717) is 57.1 Å². The molecule has 3 aromatic carbocycles. The maximum atomic E-state index is 5.98. The average Bonchev–Trinajstić information content (AvgIpc) is 2.89. The van der Waals surface area contributed by atoms with Crippen LogP contribution in [0.4, 0.5) is 0 Å². The summed E-state index contributed by atoms with van der Waals surface area (Å²) in [6.45, 7) is 2.79. The molecule has 0 fully saturated rings. The van der Waals surface area contributed by atoms with Crippen LogP contribution in [-0.4, -0.2) is 37.3 Å². The standard InChI is InChI=1S/C28H34N6O3/c29-26(30)23-7-1-19(2-8-23)13-35-16-22(17-36-14-20-3-9-24(10-4-20)27(31)32)18-37-15-21-5-11-25(12-6-21)28(33)34/h1-12,22H,13-18H2,(H3,29,30)(H3,31,32)(H3,33,34)/p+3. The molecule has 12 N–H and O–H groups in total. The Kier molecular flexibility index (Phi) is 10.3. The largest absolute Gasteiger partial charge is 0.376 e. The van der Waals surface area contributed by atoms with Crippen molar-refractivity contribution in [1.29, 1.82) is 0 Å². The number of hydrogen-bond acceptors (Lipinski definition) is 3. The fourth-order valence-corrected chi connectivity index (χ4v) is 3.55. The maximum absolute atomic E-state index is 5.98. The van der Waals surface area contributed by atoms with Crippen LogP contribution in [-0.2, 0) is 34.0 Å². The average molecular weight is 506 g/mol. The lowest BCUT2D eigenvalue weighted by Gasteiger charge is -2.18. The van der Waals surface area contributed by atoms with Gasteiger partial charge in [-0.15, -0.1) is 0 Å². The minimum absolute atomic E-state index is 0.0341. The van der Waals surface area contributed by atoms with Crippen LogP contribution in [0.1, 0.15) is 33.4 Å². The lowest BCUT2D eigenvalue weighted by molar-refractivity contribution is -0.115. The molecule has 0 aliphatic rings. The first-order valence-electron chi connectivity index (χ1n) is 12.0. The first kappa shape index (κ1) is 27.5. The van der Waals surface area contributed by atoms with Gasteiger partial charge in [0.1, 0.15) is 0 Å². The fraction of sp³-hybridized carbons (Fsp3) is 0.250. The van der Waals surface area contributed by atoms with Gasteiger partial charge in [-0.25, -0.2) is 0 Å². The lowest BCUT2D eigenvalue weighted by Crippen LogP contribution is -2.46. The molecule has 9 heteroatoms. The van der Waals surface area contributed by atoms with Crippen molar-refractivity contribution in [3.63, 3.8) is 0 Å². The Hall–Kier alpha value is -4.05. The highest BCUT2D eigenvalue weighted by molar-refractivity contribution is 5.93. The Bertz CT molecular complexity index is 1030. The van der Waals surface area contributed by atoms with Crippen LogP contribution in [0, 0.1) is 5.92 Å². The van der Waals surface area contributed by atoms with Gasteiger partial charge in [0, 0.05) is 5.92 Å². The van der Waals surface area contributed by atoms with Crippen molar-refractivity contribution in [2.24, 2.45) is 23.1 Å². The van der Waals surface area contributed by atoms with Crippen molar-refractivity contribution in [3.05, 3.63) is 106 Å². The number of rotatable bonds is 15. The van der Waals surface area contributed by atoms with Gasteiger partial charge in [-0.3, -0.25) is 33.4 Å². The Morgan fingerprint density at radius 1 is 0.486 bits per heavy atom. The third kappa shape index (κ3) is 9.16. The highest BCUT2D eigenvalue weighted by Gasteiger charge is 2.12. The predicted octanol–water partition coefficient (Wildman–Crippen LogP) is -2.35. The van der Waals surface area contributed by atoms with E-state index in [1.54, 1.807) is 0 Å². The third-order valence-corrected chi connectivity index (χ3v) is 5.73. The quantitative estimate of drug-likeness (QED) is 0.0992. The van der Waals surface area contributed by atoms with E-state index in [9.17, 15) is 0 Å². The maximum Gasteiger partial charge on any atom is 0.270 e. The molecule has 3 rings (SSSR count). The SMILES string of the molecule is NC(=[NH2+])c1ccc(COCC(COCc2ccc(C(N)=[NH2+])cc2)COCc2ccc(C(N)=[NH2+])cc2)cc1. The summed E-state index contributed by atoms with van der Waals surface area (Å²) in [5.74, 6) is 0.910. The Morgan fingerprint density at radius 2 is 0.730 bits per heavy atom. The first-order chi connectivity index (χ1) is 17.8. The summed E-state index contributed by atoms with van der Waals surface area (Å²) >= 11 is 0. The minimum atomic E-state index is 0.0341. The fourth-order valence-electron chi connectivity index (χ4n) is 3.55. The van der Waals surface area contributed by atoms with Crippen LogP contribution in [0.15, 0.2) is 72.8 Å². The van der Waals surface area contributed by atoms with E-state index in [-0.39, 0.29) is 5.92 Å². The number of ether oxygens (including phenoxy) is 3.